The monoisotopic (exact) mass is 456 g/mol. The molecule has 144 valence electrons. The van der Waals surface area contributed by atoms with Crippen LogP contribution in [0.3, 0.4) is 0 Å². The number of hydrogen-bond donors (Lipinski definition) is 1. The summed E-state index contributed by atoms with van der Waals surface area (Å²) in [6.45, 7) is 1.94. The molecule has 6 heteroatoms. The average Bonchev–Trinajstić information content (AvgIpc) is 3.15. The maximum atomic E-state index is 12.2. The summed E-state index contributed by atoms with van der Waals surface area (Å²) in [5, 5.41) is 5.39. The van der Waals surface area contributed by atoms with Gasteiger partial charge in [-0.15, -0.1) is 11.3 Å². The number of rotatable bonds is 5. The van der Waals surface area contributed by atoms with Gasteiger partial charge < -0.3 is 4.74 Å². The molecule has 1 aliphatic carbocycles. The molecule has 0 bridgehead atoms. The number of aryl methyl sites for hydroxylation is 3. The van der Waals surface area contributed by atoms with Gasteiger partial charge >= 0.3 is 0 Å². The predicted octanol–water partition coefficient (Wildman–Crippen LogP) is 5.78. The maximum absolute atomic E-state index is 12.2. The van der Waals surface area contributed by atoms with Gasteiger partial charge in [0, 0.05) is 10.9 Å². The summed E-state index contributed by atoms with van der Waals surface area (Å²) in [7, 11) is 0. The van der Waals surface area contributed by atoms with E-state index in [2.05, 4.69) is 44.4 Å². The molecule has 0 spiro atoms. The van der Waals surface area contributed by atoms with Gasteiger partial charge in [-0.2, -0.15) is 0 Å². The summed E-state index contributed by atoms with van der Waals surface area (Å²) in [5.74, 6) is 0.424. The number of benzene rings is 2. The second-order valence-electron chi connectivity index (χ2n) is 7.00. The van der Waals surface area contributed by atoms with Gasteiger partial charge in [-0.1, -0.05) is 18.2 Å². The molecule has 1 aromatic heterocycles. The first kappa shape index (κ1) is 19.2. The summed E-state index contributed by atoms with van der Waals surface area (Å²) < 4.78 is 6.43. The number of carbonyl (C=O) groups is 1. The van der Waals surface area contributed by atoms with Gasteiger partial charge in [-0.05, 0) is 83.4 Å². The molecule has 4 rings (SSSR count). The number of anilines is 1. The molecule has 1 heterocycles. The lowest BCUT2D eigenvalue weighted by Crippen LogP contribution is -2.20. The van der Waals surface area contributed by atoms with Gasteiger partial charge in [0.05, 0.1) is 10.2 Å². The van der Waals surface area contributed by atoms with E-state index in [-0.39, 0.29) is 12.5 Å². The molecule has 0 atom stereocenters. The van der Waals surface area contributed by atoms with E-state index in [0.29, 0.717) is 10.9 Å². The third-order valence-corrected chi connectivity index (χ3v) is 6.22. The molecule has 2 aromatic carbocycles. The predicted molar refractivity (Wildman–Crippen MR) is 117 cm³/mol. The lowest BCUT2D eigenvalue weighted by atomic mass is 9.90. The standard InChI is InChI=1S/C22H21BrN2O2S/c1-14-6-9-20(18(23)10-14)27-12-21(26)25-22-24-19(13-28-22)17-8-7-15-4-2-3-5-16(15)11-17/h6-11,13H,2-5,12H2,1H3,(H,24,25,26). The van der Waals surface area contributed by atoms with Crippen molar-refractivity contribution in [2.24, 2.45) is 0 Å². The van der Waals surface area contributed by atoms with Gasteiger partial charge in [-0.3, -0.25) is 10.1 Å². The number of nitrogens with one attached hydrogen (secondary N) is 1. The van der Waals surface area contributed by atoms with Crippen molar-refractivity contribution in [1.82, 2.24) is 4.98 Å². The molecule has 4 nitrogen and oxygen atoms in total. The Hall–Kier alpha value is -2.18. The Morgan fingerprint density at radius 2 is 2.00 bits per heavy atom. The van der Waals surface area contributed by atoms with Crippen molar-refractivity contribution >= 4 is 38.3 Å². The van der Waals surface area contributed by atoms with Crippen molar-refractivity contribution in [3.8, 4) is 17.0 Å². The number of carbonyl (C=O) groups excluding carboxylic acids is 1. The van der Waals surface area contributed by atoms with Crippen LogP contribution in [-0.4, -0.2) is 17.5 Å². The van der Waals surface area contributed by atoms with Gasteiger partial charge in [0.15, 0.2) is 11.7 Å². The minimum atomic E-state index is -0.223. The highest BCUT2D eigenvalue weighted by atomic mass is 79.9. The van der Waals surface area contributed by atoms with Crippen LogP contribution < -0.4 is 10.1 Å². The molecular formula is C22H21BrN2O2S. The molecule has 0 fully saturated rings. The number of aromatic nitrogens is 1. The summed E-state index contributed by atoms with van der Waals surface area (Å²) in [5.41, 5.74) is 6.02. The Bertz CT molecular complexity index is 1020. The first-order valence-electron chi connectivity index (χ1n) is 9.35. The van der Waals surface area contributed by atoms with E-state index in [4.69, 9.17) is 4.74 Å². The van der Waals surface area contributed by atoms with Gasteiger partial charge in [0.25, 0.3) is 5.91 Å². The average molecular weight is 457 g/mol. The molecule has 28 heavy (non-hydrogen) atoms. The molecule has 3 aromatic rings. The summed E-state index contributed by atoms with van der Waals surface area (Å²) >= 11 is 4.88. The van der Waals surface area contributed by atoms with Crippen LogP contribution in [-0.2, 0) is 17.6 Å². The highest BCUT2D eigenvalue weighted by Gasteiger charge is 2.13. The van der Waals surface area contributed by atoms with Crippen molar-refractivity contribution in [1.29, 1.82) is 0 Å². The van der Waals surface area contributed by atoms with E-state index < -0.39 is 0 Å². The Kier molecular flexibility index (Phi) is 5.78. The van der Waals surface area contributed by atoms with Crippen LogP contribution in [0, 0.1) is 6.92 Å². The van der Waals surface area contributed by atoms with Crippen LogP contribution in [0.2, 0.25) is 0 Å². The lowest BCUT2D eigenvalue weighted by Gasteiger charge is -2.16. The fourth-order valence-corrected chi connectivity index (χ4v) is 4.72. The fraction of sp³-hybridized carbons (Fsp3) is 0.273. The molecule has 0 saturated heterocycles. The van der Waals surface area contributed by atoms with Gasteiger partial charge in [0.1, 0.15) is 5.75 Å². The van der Waals surface area contributed by atoms with Crippen molar-refractivity contribution < 1.29 is 9.53 Å². The normalized spacial score (nSPS) is 13.1. The maximum Gasteiger partial charge on any atom is 0.264 e. The zero-order chi connectivity index (χ0) is 19.5. The van der Waals surface area contributed by atoms with E-state index in [1.165, 1.54) is 41.7 Å². The Morgan fingerprint density at radius 1 is 1.18 bits per heavy atom. The summed E-state index contributed by atoms with van der Waals surface area (Å²) in [6, 6.07) is 12.3. The van der Waals surface area contributed by atoms with Crippen LogP contribution in [0.4, 0.5) is 5.13 Å². The first-order valence-corrected chi connectivity index (χ1v) is 11.0. The lowest BCUT2D eigenvalue weighted by molar-refractivity contribution is -0.118. The SMILES string of the molecule is Cc1ccc(OCC(=O)Nc2nc(-c3ccc4c(c3)CCCC4)cs2)c(Br)c1. The first-order chi connectivity index (χ1) is 13.6. The minimum Gasteiger partial charge on any atom is -0.483 e. The topological polar surface area (TPSA) is 51.2 Å². The van der Waals surface area contributed by atoms with Crippen molar-refractivity contribution in [2.45, 2.75) is 32.6 Å². The van der Waals surface area contributed by atoms with E-state index in [1.807, 2.05) is 30.5 Å². The highest BCUT2D eigenvalue weighted by Crippen LogP contribution is 2.30. The number of ether oxygens (including phenoxy) is 1. The van der Waals surface area contributed by atoms with Crippen molar-refractivity contribution in [3.63, 3.8) is 0 Å². The number of amides is 1. The van der Waals surface area contributed by atoms with E-state index in [0.717, 1.165) is 27.7 Å². The van der Waals surface area contributed by atoms with E-state index >= 15 is 0 Å². The number of fused-ring (bicyclic) bond motifs is 1. The van der Waals surface area contributed by atoms with Crippen LogP contribution in [0.25, 0.3) is 11.3 Å². The van der Waals surface area contributed by atoms with E-state index in [9.17, 15) is 4.79 Å². The van der Waals surface area contributed by atoms with Crippen molar-refractivity contribution in [2.75, 3.05) is 11.9 Å². The van der Waals surface area contributed by atoms with Crippen molar-refractivity contribution in [3.05, 3.63) is 62.9 Å². The number of hydrogen-bond acceptors (Lipinski definition) is 4. The van der Waals surface area contributed by atoms with Gasteiger partial charge in [-0.25, -0.2) is 4.98 Å². The molecule has 1 aliphatic rings. The summed E-state index contributed by atoms with van der Waals surface area (Å²) in [6.07, 6.45) is 4.85. The second-order valence-corrected chi connectivity index (χ2v) is 8.71. The molecule has 0 unspecified atom stereocenters. The third kappa shape index (κ3) is 4.45. The number of halogens is 1. The zero-order valence-electron chi connectivity index (χ0n) is 15.6. The number of thiazole rings is 1. The molecule has 0 aliphatic heterocycles. The quantitative estimate of drug-likeness (QED) is 0.529. The Labute approximate surface area is 177 Å². The van der Waals surface area contributed by atoms with Crippen LogP contribution in [0.1, 0.15) is 29.5 Å². The fourth-order valence-electron chi connectivity index (χ4n) is 3.38. The molecule has 0 radical (unpaired) electrons. The number of nitrogens with zero attached hydrogens (tertiary/aromatic N) is 1. The second kappa shape index (κ2) is 8.45. The van der Waals surface area contributed by atoms with E-state index in [1.54, 1.807) is 0 Å². The molecule has 1 amide bonds. The van der Waals surface area contributed by atoms with Crippen LogP contribution in [0.5, 0.6) is 5.75 Å². The smallest absolute Gasteiger partial charge is 0.264 e. The molecular weight excluding hydrogens is 436 g/mol. The van der Waals surface area contributed by atoms with Crippen LogP contribution >= 0.6 is 27.3 Å². The highest BCUT2D eigenvalue weighted by molar-refractivity contribution is 9.10. The molecule has 0 saturated carbocycles. The Balaban J connectivity index is 1.38. The summed E-state index contributed by atoms with van der Waals surface area (Å²) in [4.78, 5) is 16.8. The molecule has 1 N–H and O–H groups in total. The van der Waals surface area contributed by atoms with Gasteiger partial charge in [0.2, 0.25) is 0 Å². The Morgan fingerprint density at radius 3 is 2.82 bits per heavy atom. The van der Waals surface area contributed by atoms with Crippen LogP contribution in [0.15, 0.2) is 46.3 Å². The third-order valence-electron chi connectivity index (χ3n) is 4.84. The largest absolute Gasteiger partial charge is 0.483 e. The zero-order valence-corrected chi connectivity index (χ0v) is 18.0. The minimum absolute atomic E-state index is 0.0601.